The van der Waals surface area contributed by atoms with Gasteiger partial charge in [0.1, 0.15) is 29.5 Å². The topological polar surface area (TPSA) is 116 Å². The number of carbonyl (C=O) groups is 3. The van der Waals surface area contributed by atoms with Crippen LogP contribution >= 0.6 is 0 Å². The minimum absolute atomic E-state index is 0.0210. The predicted molar refractivity (Wildman–Crippen MR) is 255 cm³/mol. The molecule has 11 nitrogen and oxygen atoms in total. The molecule has 0 aromatic heterocycles. The standard InChI is InChI=1S/C55H65N3O8/c1-31(2)14-13-21-53(8)22-20-37-47(64-53)36(18-17-32(3)4)49-42(48(37)63-29-28-58-26-24-57(9)25-27-58)45-43-40(41-44(56-45)34-15-11-12-16-35(34)46(41)59)38-30-39-52(6,7)66-54(50(38)60,55(39,43)65-49)23-19-33(5)51(61)62-10/h11-12,14-17,19-20,22,38-41H,13,18,21,23-30H2,1-10H3/b33-19-. The SMILES string of the molecule is COC(=O)/C(C)=C\CC12OC(C)(C)C3CC(C1=O)C1C4=C(N=C5c6ccccc6C(=O)C51)c1c(OCCN5CCN(C)CC5)c5c(c(CC=C(C)C)c1OC432)OC(C)(CCC=C(C)C)C=C5. The molecule has 0 radical (unpaired) electrons. The minimum atomic E-state index is -1.55. The molecule has 0 N–H and O–H groups in total. The molecule has 11 rings (SSSR count). The first-order valence-corrected chi connectivity index (χ1v) is 24.0. The van der Waals surface area contributed by atoms with Gasteiger partial charge in [-0.25, -0.2) is 4.79 Å². The molecule has 4 aliphatic carbocycles. The van der Waals surface area contributed by atoms with Gasteiger partial charge in [0.25, 0.3) is 0 Å². The van der Waals surface area contributed by atoms with Gasteiger partial charge in [-0.2, -0.15) is 0 Å². The number of esters is 1. The Balaban J connectivity index is 1.27. The van der Waals surface area contributed by atoms with Gasteiger partial charge >= 0.3 is 5.97 Å². The van der Waals surface area contributed by atoms with Crippen LogP contribution in [-0.4, -0.2) is 109 Å². The van der Waals surface area contributed by atoms with E-state index in [1.807, 2.05) is 24.3 Å². The number of rotatable bonds is 12. The Morgan fingerprint density at radius 3 is 2.38 bits per heavy atom. The third-order valence-electron chi connectivity index (χ3n) is 15.9. The normalized spacial score (nSPS) is 30.9. The summed E-state index contributed by atoms with van der Waals surface area (Å²) in [5.74, 6) is -0.776. The number of carbonyl (C=O) groups excluding carboxylic acids is 3. The highest BCUT2D eigenvalue weighted by atomic mass is 16.6. The van der Waals surface area contributed by atoms with Gasteiger partial charge in [-0.15, -0.1) is 0 Å². The summed E-state index contributed by atoms with van der Waals surface area (Å²) in [5, 5.41) is 0. The van der Waals surface area contributed by atoms with Crippen LogP contribution in [0.3, 0.4) is 0 Å². The molecule has 348 valence electrons. The van der Waals surface area contributed by atoms with Crippen LogP contribution in [-0.2, 0) is 25.5 Å². The second kappa shape index (κ2) is 16.0. The number of hydrogen-bond donors (Lipinski definition) is 0. The first kappa shape index (κ1) is 44.7. The zero-order valence-electron chi connectivity index (χ0n) is 40.4. The number of fused-ring (bicyclic) bond motifs is 6. The Bertz CT molecular complexity index is 2630. The quantitative estimate of drug-likeness (QED) is 0.116. The maximum atomic E-state index is 15.9. The smallest absolute Gasteiger partial charge is 0.333 e. The lowest BCUT2D eigenvalue weighted by Crippen LogP contribution is -2.75. The molecular weight excluding hydrogens is 831 g/mol. The summed E-state index contributed by atoms with van der Waals surface area (Å²) < 4.78 is 35.0. The Morgan fingerprint density at radius 1 is 0.939 bits per heavy atom. The molecule has 5 fully saturated rings. The summed E-state index contributed by atoms with van der Waals surface area (Å²) in [6.45, 7) is 21.4. The molecule has 1 spiro atoms. The van der Waals surface area contributed by atoms with Crippen molar-refractivity contribution in [2.45, 2.75) is 110 Å². The number of ketones is 2. The highest BCUT2D eigenvalue weighted by Crippen LogP contribution is 2.74. The number of methoxy groups -OCH3 is 1. The number of hydrogen-bond acceptors (Lipinski definition) is 11. The molecular formula is C55H65N3O8. The van der Waals surface area contributed by atoms with Gasteiger partial charge in [-0.3, -0.25) is 19.5 Å². The lowest BCUT2D eigenvalue weighted by Gasteiger charge is -2.62. The highest BCUT2D eigenvalue weighted by Gasteiger charge is 2.84. The van der Waals surface area contributed by atoms with E-state index in [1.165, 1.54) is 12.7 Å². The van der Waals surface area contributed by atoms with Crippen LogP contribution in [0, 0.1) is 23.7 Å². The van der Waals surface area contributed by atoms with Gasteiger partial charge in [-0.1, -0.05) is 53.6 Å². The molecule has 3 saturated carbocycles. The zero-order chi connectivity index (χ0) is 46.7. The van der Waals surface area contributed by atoms with Crippen molar-refractivity contribution in [3.63, 3.8) is 0 Å². The van der Waals surface area contributed by atoms with Gasteiger partial charge in [0.2, 0.25) is 0 Å². The van der Waals surface area contributed by atoms with Crippen molar-refractivity contribution in [2.75, 3.05) is 53.5 Å². The summed E-state index contributed by atoms with van der Waals surface area (Å²) in [5.41, 5.74) is 4.39. The van der Waals surface area contributed by atoms with Crippen molar-refractivity contribution >= 4 is 35.0 Å². The van der Waals surface area contributed by atoms with Crippen molar-refractivity contribution < 1.29 is 38.1 Å². The molecule has 4 bridgehead atoms. The minimum Gasteiger partial charge on any atom is -0.491 e. The van der Waals surface area contributed by atoms with E-state index in [4.69, 9.17) is 28.7 Å². The van der Waals surface area contributed by atoms with Crippen LogP contribution in [0.15, 0.2) is 75.9 Å². The summed E-state index contributed by atoms with van der Waals surface area (Å²) >= 11 is 0. The first-order chi connectivity index (χ1) is 31.4. The van der Waals surface area contributed by atoms with Crippen molar-refractivity contribution in [2.24, 2.45) is 28.7 Å². The van der Waals surface area contributed by atoms with Crippen LogP contribution in [0.2, 0.25) is 0 Å². The van der Waals surface area contributed by atoms with Gasteiger partial charge in [0, 0.05) is 84.7 Å². The molecule has 0 amide bonds. The van der Waals surface area contributed by atoms with E-state index in [-0.39, 0.29) is 23.9 Å². The van der Waals surface area contributed by atoms with Crippen molar-refractivity contribution in [1.29, 1.82) is 0 Å². The molecule has 7 unspecified atom stereocenters. The highest BCUT2D eigenvalue weighted by molar-refractivity contribution is 6.31. The number of benzene rings is 2. The molecule has 9 aliphatic rings. The number of nitrogens with zero attached hydrogens (tertiary/aromatic N) is 3. The number of allylic oxidation sites excluding steroid dienone is 4. The number of aliphatic imine (C=N–C) groups is 1. The number of likely N-dealkylation sites (N-methyl/N-ethyl adjacent to an activating group) is 1. The van der Waals surface area contributed by atoms with E-state index in [9.17, 15) is 9.59 Å². The zero-order valence-corrected chi connectivity index (χ0v) is 40.4. The van der Waals surface area contributed by atoms with Crippen LogP contribution in [0.1, 0.15) is 114 Å². The summed E-state index contributed by atoms with van der Waals surface area (Å²) in [4.78, 5) is 54.2. The summed E-state index contributed by atoms with van der Waals surface area (Å²) in [7, 11) is 3.52. The van der Waals surface area contributed by atoms with E-state index in [1.54, 1.807) is 13.0 Å². The fourth-order valence-corrected chi connectivity index (χ4v) is 12.7. The molecule has 66 heavy (non-hydrogen) atoms. The maximum Gasteiger partial charge on any atom is 0.333 e. The lowest BCUT2D eigenvalue weighted by atomic mass is 9.43. The molecule has 7 atom stereocenters. The Hall–Kier alpha value is -5.10. The summed E-state index contributed by atoms with van der Waals surface area (Å²) in [6.07, 6.45) is 13.2. The van der Waals surface area contributed by atoms with Gasteiger partial charge < -0.3 is 28.6 Å². The third-order valence-corrected chi connectivity index (χ3v) is 15.9. The first-order valence-electron chi connectivity index (χ1n) is 24.0. The van der Waals surface area contributed by atoms with Crippen molar-refractivity contribution in [3.8, 4) is 17.2 Å². The van der Waals surface area contributed by atoms with Crippen molar-refractivity contribution in [3.05, 3.63) is 98.7 Å². The monoisotopic (exact) mass is 895 g/mol. The largest absolute Gasteiger partial charge is 0.491 e. The van der Waals surface area contributed by atoms with E-state index < -0.39 is 46.1 Å². The molecule has 11 heteroatoms. The van der Waals surface area contributed by atoms with Crippen LogP contribution in [0.25, 0.3) is 11.8 Å². The van der Waals surface area contributed by atoms with E-state index in [2.05, 4.69) is 89.6 Å². The molecule has 5 aliphatic heterocycles. The van der Waals surface area contributed by atoms with E-state index in [0.717, 1.165) is 79.0 Å². The van der Waals surface area contributed by atoms with Gasteiger partial charge in [0.15, 0.2) is 22.8 Å². The van der Waals surface area contributed by atoms with Gasteiger partial charge in [0.05, 0.1) is 41.2 Å². The van der Waals surface area contributed by atoms with Crippen LogP contribution in [0.4, 0.5) is 0 Å². The molecule has 2 aromatic carbocycles. The van der Waals surface area contributed by atoms with Crippen LogP contribution < -0.4 is 14.2 Å². The second-order valence-electron chi connectivity index (χ2n) is 21.2. The van der Waals surface area contributed by atoms with E-state index in [0.29, 0.717) is 59.2 Å². The Kier molecular flexibility index (Phi) is 10.9. The molecule has 2 aromatic rings. The lowest BCUT2D eigenvalue weighted by molar-refractivity contribution is -0.183. The molecule has 5 heterocycles. The third kappa shape index (κ3) is 6.61. The number of piperazine rings is 1. The average molecular weight is 896 g/mol. The maximum absolute atomic E-state index is 15.9. The number of Topliss-reactive ketones (excluding diaryl/α,β-unsaturated/α-hetero) is 2. The Labute approximate surface area is 389 Å². The average Bonchev–Trinajstić information content (AvgIpc) is 3.64. The molecule has 2 saturated heterocycles. The fourth-order valence-electron chi connectivity index (χ4n) is 12.7. The summed E-state index contributed by atoms with van der Waals surface area (Å²) in [6, 6.07) is 7.73. The van der Waals surface area contributed by atoms with E-state index >= 15 is 4.79 Å². The predicted octanol–water partition coefficient (Wildman–Crippen LogP) is 8.78. The van der Waals surface area contributed by atoms with Crippen molar-refractivity contribution in [1.82, 2.24) is 9.80 Å². The van der Waals surface area contributed by atoms with Gasteiger partial charge in [-0.05, 0) is 100 Å². The second-order valence-corrected chi connectivity index (χ2v) is 21.2. The van der Waals surface area contributed by atoms with Crippen LogP contribution in [0.5, 0.6) is 17.2 Å². The Morgan fingerprint density at radius 2 is 1.67 bits per heavy atom. The fraction of sp³-hybridized carbons (Fsp3) is 0.527. The number of ether oxygens (including phenoxy) is 5.